The number of benzene rings is 1. The summed E-state index contributed by atoms with van der Waals surface area (Å²) in [5.41, 5.74) is -2.10. The largest absolute Gasteiger partial charge is 0.462 e. The van der Waals surface area contributed by atoms with Crippen molar-refractivity contribution >= 4 is 17.9 Å². The van der Waals surface area contributed by atoms with Gasteiger partial charge in [0.25, 0.3) is 5.91 Å². The van der Waals surface area contributed by atoms with Gasteiger partial charge in [0, 0.05) is 5.56 Å². The Labute approximate surface area is 131 Å². The molecule has 124 valence electrons. The summed E-state index contributed by atoms with van der Waals surface area (Å²) in [4.78, 5) is 36.7. The zero-order chi connectivity index (χ0) is 17.4. The Balaban J connectivity index is 2.29. The first-order valence-corrected chi connectivity index (χ1v) is 6.94. The van der Waals surface area contributed by atoms with Crippen LogP contribution in [-0.4, -0.2) is 35.5 Å². The number of nitrogens with zero attached hydrogens (tertiary/aromatic N) is 1. The molecule has 0 bridgehead atoms. The number of carbonyl (C=O) groups excluding carboxylic acids is 3. The first-order chi connectivity index (χ1) is 10.6. The number of halogens is 2. The summed E-state index contributed by atoms with van der Waals surface area (Å²) in [6.07, 6.45) is -0.407. The average Bonchev–Trinajstić information content (AvgIpc) is 2.65. The fourth-order valence-electron chi connectivity index (χ4n) is 2.33. The lowest BCUT2D eigenvalue weighted by atomic mass is 9.91. The lowest BCUT2D eigenvalue weighted by molar-refractivity contribution is -0.150. The van der Waals surface area contributed by atoms with Gasteiger partial charge in [-0.15, -0.1) is 0 Å². The van der Waals surface area contributed by atoms with Crippen molar-refractivity contribution in [3.8, 4) is 0 Å². The van der Waals surface area contributed by atoms with Crippen molar-refractivity contribution in [1.29, 1.82) is 0 Å². The fraction of sp³-hybridized carbons (Fsp3) is 0.400. The predicted octanol–water partition coefficient (Wildman–Crippen LogP) is 1.68. The number of nitrogens with one attached hydrogen (secondary N) is 1. The van der Waals surface area contributed by atoms with Gasteiger partial charge in [0.05, 0.1) is 6.10 Å². The predicted molar refractivity (Wildman–Crippen MR) is 75.2 cm³/mol. The molecule has 1 heterocycles. The van der Waals surface area contributed by atoms with Crippen molar-refractivity contribution in [3.05, 3.63) is 35.4 Å². The van der Waals surface area contributed by atoms with Crippen molar-refractivity contribution in [2.75, 3.05) is 6.54 Å². The fourth-order valence-corrected chi connectivity index (χ4v) is 2.33. The van der Waals surface area contributed by atoms with E-state index in [9.17, 15) is 23.2 Å². The molecule has 1 saturated heterocycles. The Morgan fingerprint density at radius 2 is 2.00 bits per heavy atom. The molecule has 8 heteroatoms. The van der Waals surface area contributed by atoms with E-state index >= 15 is 0 Å². The standard InChI is InChI=1S/C15H16F2N2O4/c1-8(2)23-12(20)7-19-13(21)15(3,18-14(19)22)10-6-9(16)4-5-11(10)17/h4-6,8H,7H2,1-3H3,(H,18,22)/t15-/m0/s1. The average molecular weight is 326 g/mol. The number of carbonyl (C=O) groups is 3. The molecule has 6 nitrogen and oxygen atoms in total. The summed E-state index contributed by atoms with van der Waals surface area (Å²) in [5.74, 6) is -3.21. The number of rotatable bonds is 4. The summed E-state index contributed by atoms with van der Waals surface area (Å²) in [6.45, 7) is 3.89. The van der Waals surface area contributed by atoms with Gasteiger partial charge < -0.3 is 10.1 Å². The van der Waals surface area contributed by atoms with Crippen molar-refractivity contribution < 1.29 is 27.9 Å². The highest BCUT2D eigenvalue weighted by molar-refractivity contribution is 6.08. The lowest BCUT2D eigenvalue weighted by Crippen LogP contribution is -2.42. The molecule has 0 aromatic heterocycles. The molecule has 2 rings (SSSR count). The van der Waals surface area contributed by atoms with Gasteiger partial charge in [0.15, 0.2) is 0 Å². The highest BCUT2D eigenvalue weighted by Crippen LogP contribution is 2.31. The van der Waals surface area contributed by atoms with Gasteiger partial charge in [-0.05, 0) is 39.0 Å². The maximum Gasteiger partial charge on any atom is 0.326 e. The van der Waals surface area contributed by atoms with Crippen molar-refractivity contribution in [3.63, 3.8) is 0 Å². The van der Waals surface area contributed by atoms with Crippen LogP contribution in [0.5, 0.6) is 0 Å². The second kappa shape index (κ2) is 5.94. The van der Waals surface area contributed by atoms with Crippen LogP contribution in [-0.2, 0) is 19.9 Å². The molecule has 1 N–H and O–H groups in total. The zero-order valence-corrected chi connectivity index (χ0v) is 12.9. The minimum absolute atomic E-state index is 0.310. The molecule has 0 radical (unpaired) electrons. The van der Waals surface area contributed by atoms with E-state index in [2.05, 4.69) is 5.32 Å². The van der Waals surface area contributed by atoms with Crippen LogP contribution in [0.25, 0.3) is 0 Å². The van der Waals surface area contributed by atoms with E-state index in [-0.39, 0.29) is 5.56 Å². The highest BCUT2D eigenvalue weighted by atomic mass is 19.1. The Bertz CT molecular complexity index is 677. The number of imide groups is 1. The molecule has 1 fully saturated rings. The van der Waals surface area contributed by atoms with E-state index in [0.29, 0.717) is 4.90 Å². The van der Waals surface area contributed by atoms with E-state index in [4.69, 9.17) is 4.74 Å². The maximum absolute atomic E-state index is 13.9. The number of amides is 3. The van der Waals surface area contributed by atoms with Crippen LogP contribution in [0.2, 0.25) is 0 Å². The summed E-state index contributed by atoms with van der Waals surface area (Å²) in [5, 5.41) is 2.30. The topological polar surface area (TPSA) is 75.7 Å². The molecule has 1 aliphatic heterocycles. The van der Waals surface area contributed by atoms with Gasteiger partial charge in [-0.25, -0.2) is 13.6 Å². The van der Waals surface area contributed by atoms with Crippen LogP contribution >= 0.6 is 0 Å². The molecule has 0 saturated carbocycles. The van der Waals surface area contributed by atoms with Crippen molar-refractivity contribution in [2.24, 2.45) is 0 Å². The highest BCUT2D eigenvalue weighted by Gasteiger charge is 2.51. The minimum Gasteiger partial charge on any atom is -0.462 e. The SMILES string of the molecule is CC(C)OC(=O)CN1C(=O)N[C@@](C)(c2cc(F)ccc2F)C1=O. The normalized spacial score (nSPS) is 20.9. The van der Waals surface area contributed by atoms with Crippen LogP contribution in [0, 0.1) is 11.6 Å². The second-order valence-corrected chi connectivity index (χ2v) is 5.61. The molecule has 1 aliphatic rings. The lowest BCUT2D eigenvalue weighted by Gasteiger charge is -2.22. The summed E-state index contributed by atoms with van der Waals surface area (Å²) >= 11 is 0. The number of ether oxygens (including phenoxy) is 1. The Hall–Kier alpha value is -2.51. The number of urea groups is 1. The van der Waals surface area contributed by atoms with E-state index in [1.165, 1.54) is 6.92 Å². The quantitative estimate of drug-likeness (QED) is 0.675. The van der Waals surface area contributed by atoms with Gasteiger partial charge in [0.2, 0.25) is 0 Å². The van der Waals surface area contributed by atoms with Crippen LogP contribution < -0.4 is 5.32 Å². The van der Waals surface area contributed by atoms with Gasteiger partial charge in [0.1, 0.15) is 23.7 Å². The van der Waals surface area contributed by atoms with E-state index in [1.54, 1.807) is 13.8 Å². The first-order valence-electron chi connectivity index (χ1n) is 6.94. The third-order valence-corrected chi connectivity index (χ3v) is 3.40. The molecule has 0 spiro atoms. The smallest absolute Gasteiger partial charge is 0.326 e. The van der Waals surface area contributed by atoms with E-state index in [1.807, 2.05) is 0 Å². The first kappa shape index (κ1) is 16.9. The zero-order valence-electron chi connectivity index (χ0n) is 12.9. The van der Waals surface area contributed by atoms with Gasteiger partial charge in [-0.3, -0.25) is 14.5 Å². The summed E-state index contributed by atoms with van der Waals surface area (Å²) in [6, 6.07) is 1.73. The Morgan fingerprint density at radius 3 is 2.61 bits per heavy atom. The molecular weight excluding hydrogens is 310 g/mol. The number of hydrogen-bond acceptors (Lipinski definition) is 4. The second-order valence-electron chi connectivity index (χ2n) is 5.61. The molecule has 1 aromatic carbocycles. The molecule has 0 aliphatic carbocycles. The van der Waals surface area contributed by atoms with Crippen LogP contribution in [0.3, 0.4) is 0 Å². The monoisotopic (exact) mass is 326 g/mol. The molecular formula is C15H16F2N2O4. The summed E-state index contributed by atoms with van der Waals surface area (Å²) in [7, 11) is 0. The Kier molecular flexibility index (Phi) is 4.35. The molecule has 1 atom stereocenters. The number of hydrogen-bond donors (Lipinski definition) is 1. The van der Waals surface area contributed by atoms with E-state index in [0.717, 1.165) is 18.2 Å². The van der Waals surface area contributed by atoms with Crippen molar-refractivity contribution in [2.45, 2.75) is 32.4 Å². The molecule has 3 amide bonds. The van der Waals surface area contributed by atoms with Gasteiger partial charge in [-0.1, -0.05) is 0 Å². The third kappa shape index (κ3) is 3.15. The number of esters is 1. The van der Waals surface area contributed by atoms with E-state index < -0.39 is 47.7 Å². The molecule has 1 aromatic rings. The van der Waals surface area contributed by atoms with Gasteiger partial charge >= 0.3 is 12.0 Å². The minimum atomic E-state index is -1.79. The Morgan fingerprint density at radius 1 is 1.35 bits per heavy atom. The van der Waals surface area contributed by atoms with Crippen LogP contribution in [0.15, 0.2) is 18.2 Å². The maximum atomic E-state index is 13.9. The molecule has 23 heavy (non-hydrogen) atoms. The van der Waals surface area contributed by atoms with Crippen LogP contribution in [0.4, 0.5) is 13.6 Å². The van der Waals surface area contributed by atoms with Gasteiger partial charge in [-0.2, -0.15) is 0 Å². The van der Waals surface area contributed by atoms with Crippen molar-refractivity contribution in [1.82, 2.24) is 10.2 Å². The third-order valence-electron chi connectivity index (χ3n) is 3.40. The summed E-state index contributed by atoms with van der Waals surface area (Å²) < 4.78 is 32.2. The van der Waals surface area contributed by atoms with Crippen LogP contribution in [0.1, 0.15) is 26.3 Å². The molecule has 0 unspecified atom stereocenters.